The number of thiazole rings is 1. The van der Waals surface area contributed by atoms with Gasteiger partial charge in [0.2, 0.25) is 5.91 Å². The van der Waals surface area contributed by atoms with Crippen molar-refractivity contribution in [3.05, 3.63) is 125 Å². The molecule has 2 aromatic heterocycles. The van der Waals surface area contributed by atoms with Gasteiger partial charge in [-0.15, -0.1) is 11.3 Å². The maximum atomic E-state index is 14.0. The topological polar surface area (TPSA) is 168 Å². The number of methoxy groups -OCH3 is 1. The third-order valence-electron chi connectivity index (χ3n) is 8.93. The number of nitrogens with zero attached hydrogens (tertiary/aromatic N) is 3. The van der Waals surface area contributed by atoms with Crippen molar-refractivity contribution < 1.29 is 33.4 Å². The molecule has 0 spiro atoms. The van der Waals surface area contributed by atoms with Gasteiger partial charge in [-0.2, -0.15) is 0 Å². The van der Waals surface area contributed by atoms with E-state index in [1.54, 1.807) is 14.2 Å². The monoisotopic (exact) mass is 768 g/mol. The summed E-state index contributed by atoms with van der Waals surface area (Å²) in [5.74, 6) is 0.455. The summed E-state index contributed by atoms with van der Waals surface area (Å²) < 4.78 is 15.8. The number of hydrogen-bond acceptors (Lipinski definition) is 10. The maximum Gasteiger partial charge on any atom is 0.407 e. The summed E-state index contributed by atoms with van der Waals surface area (Å²) in [7, 11) is 3.27. The van der Waals surface area contributed by atoms with E-state index >= 15 is 0 Å². The molecule has 4 amide bonds. The number of aromatic nitrogens is 2. The van der Waals surface area contributed by atoms with Crippen LogP contribution in [-0.4, -0.2) is 76.4 Å². The van der Waals surface area contributed by atoms with E-state index in [-0.39, 0.29) is 25.5 Å². The molecule has 4 N–H and O–H groups in total. The minimum atomic E-state index is -1.09. The van der Waals surface area contributed by atoms with Crippen LogP contribution in [0.4, 0.5) is 9.59 Å². The smallest absolute Gasteiger partial charge is 0.407 e. The molecule has 0 unspecified atom stereocenters. The van der Waals surface area contributed by atoms with Crippen LogP contribution >= 0.6 is 11.3 Å². The summed E-state index contributed by atoms with van der Waals surface area (Å²) in [6.07, 6.45) is 1.67. The van der Waals surface area contributed by atoms with E-state index in [1.807, 2.05) is 104 Å². The maximum absolute atomic E-state index is 14.0. The van der Waals surface area contributed by atoms with Gasteiger partial charge in [0.1, 0.15) is 16.8 Å². The Morgan fingerprint density at radius 2 is 1.64 bits per heavy atom. The molecule has 13 nitrogen and oxygen atoms in total. The minimum Gasteiger partial charge on any atom is -0.497 e. The fraction of sp³-hybridized carbons (Fsp3) is 0.341. The van der Waals surface area contributed by atoms with Gasteiger partial charge in [-0.1, -0.05) is 86.6 Å². The molecule has 0 bridgehead atoms. The molecule has 2 heterocycles. The number of carbonyl (C=O) groups is 3. The van der Waals surface area contributed by atoms with Crippen LogP contribution in [0.1, 0.15) is 42.8 Å². The lowest BCUT2D eigenvalue weighted by Crippen LogP contribution is -2.55. The molecule has 290 valence electrons. The quantitative estimate of drug-likeness (QED) is 0.0838. The summed E-state index contributed by atoms with van der Waals surface area (Å²) in [6.45, 7) is 3.82. The SMILES string of the molecule is COc1cccc(-c2nc(CN(C)C(=O)N[C@H](C(=O)N[C@@H](Cc3ccccc3)C[C@H](O)[C@H](Cc3ccccc3)NC(=O)OCc3cnco3)C(C)C)cs2)c1. The summed E-state index contributed by atoms with van der Waals surface area (Å²) in [6, 6.07) is 24.1. The molecule has 0 aliphatic rings. The number of hydrogen-bond donors (Lipinski definition) is 4. The second kappa shape index (κ2) is 20.1. The minimum absolute atomic E-state index is 0.0959. The molecule has 0 aliphatic carbocycles. The van der Waals surface area contributed by atoms with Crippen molar-refractivity contribution in [2.45, 2.75) is 70.5 Å². The summed E-state index contributed by atoms with van der Waals surface area (Å²) >= 11 is 1.47. The van der Waals surface area contributed by atoms with E-state index in [4.69, 9.17) is 18.9 Å². The third-order valence-corrected chi connectivity index (χ3v) is 9.88. The summed E-state index contributed by atoms with van der Waals surface area (Å²) in [5.41, 5.74) is 3.47. The van der Waals surface area contributed by atoms with Crippen molar-refractivity contribution in [1.82, 2.24) is 30.8 Å². The number of amides is 4. The molecule has 55 heavy (non-hydrogen) atoms. The van der Waals surface area contributed by atoms with Crippen LogP contribution in [0.3, 0.4) is 0 Å². The molecule has 0 aliphatic heterocycles. The highest BCUT2D eigenvalue weighted by Gasteiger charge is 2.31. The standard InChI is InChI=1S/C41H48N6O7S/c1-27(2)37(46-40(50)47(3)23-32-25-55-39(44-32)30-16-11-17-33(20-30)52-4)38(49)43-31(18-28-12-7-5-8-13-28)21-36(48)35(19-29-14-9-6-10-15-29)45-41(51)53-24-34-22-42-26-54-34/h5-17,20,22,25-27,31,35-37,48H,18-19,21,23-24H2,1-4H3,(H,43,49)(H,45,51)(H,46,50)/t31-,35-,36-,37-/m0/s1. The lowest BCUT2D eigenvalue weighted by Gasteiger charge is -2.30. The Labute approximate surface area is 325 Å². The van der Waals surface area contributed by atoms with E-state index in [0.29, 0.717) is 24.3 Å². The van der Waals surface area contributed by atoms with Crippen LogP contribution in [0.2, 0.25) is 0 Å². The molecule has 0 fully saturated rings. The predicted octanol–water partition coefficient (Wildman–Crippen LogP) is 5.99. The zero-order valence-corrected chi connectivity index (χ0v) is 32.2. The number of benzene rings is 3. The Morgan fingerprint density at radius 1 is 0.927 bits per heavy atom. The van der Waals surface area contributed by atoms with Gasteiger partial charge >= 0.3 is 12.1 Å². The van der Waals surface area contributed by atoms with Gasteiger partial charge in [-0.05, 0) is 48.4 Å². The molecular weight excluding hydrogens is 721 g/mol. The van der Waals surface area contributed by atoms with Gasteiger partial charge in [-0.25, -0.2) is 19.6 Å². The zero-order valence-electron chi connectivity index (χ0n) is 31.4. The average Bonchev–Trinajstić information content (AvgIpc) is 3.89. The predicted molar refractivity (Wildman–Crippen MR) is 209 cm³/mol. The number of aliphatic hydroxyl groups is 1. The Hall–Kier alpha value is -5.73. The van der Waals surface area contributed by atoms with Crippen molar-refractivity contribution in [1.29, 1.82) is 0 Å². The number of nitrogens with one attached hydrogen (secondary N) is 3. The first kappa shape index (κ1) is 40.5. The van der Waals surface area contributed by atoms with E-state index in [2.05, 4.69) is 20.9 Å². The van der Waals surface area contributed by atoms with Gasteiger partial charge in [0, 0.05) is 24.0 Å². The Kier molecular flexibility index (Phi) is 14.8. The number of urea groups is 1. The van der Waals surface area contributed by atoms with Gasteiger partial charge in [-0.3, -0.25) is 4.79 Å². The molecule has 3 aromatic carbocycles. The molecule has 5 rings (SSSR count). The molecule has 4 atom stereocenters. The highest BCUT2D eigenvalue weighted by atomic mass is 32.1. The fourth-order valence-electron chi connectivity index (χ4n) is 5.99. The number of ether oxygens (including phenoxy) is 2. The van der Waals surface area contributed by atoms with E-state index in [1.165, 1.54) is 28.8 Å². The normalized spacial score (nSPS) is 13.3. The summed E-state index contributed by atoms with van der Waals surface area (Å²) in [4.78, 5) is 50.4. The lowest BCUT2D eigenvalue weighted by atomic mass is 9.93. The van der Waals surface area contributed by atoms with E-state index in [9.17, 15) is 19.5 Å². The Balaban J connectivity index is 1.26. The highest BCUT2D eigenvalue weighted by Crippen LogP contribution is 2.27. The van der Waals surface area contributed by atoms with Crippen LogP contribution in [-0.2, 0) is 35.5 Å². The van der Waals surface area contributed by atoms with Crippen LogP contribution in [0.15, 0.2) is 107 Å². The van der Waals surface area contributed by atoms with Crippen LogP contribution < -0.4 is 20.7 Å². The number of alkyl carbamates (subject to hydrolysis) is 1. The van der Waals surface area contributed by atoms with E-state index in [0.717, 1.165) is 27.4 Å². The van der Waals surface area contributed by atoms with Gasteiger partial charge in [0.15, 0.2) is 18.8 Å². The van der Waals surface area contributed by atoms with Gasteiger partial charge in [0.25, 0.3) is 0 Å². The molecule has 0 radical (unpaired) electrons. The molecule has 14 heteroatoms. The first-order valence-electron chi connectivity index (χ1n) is 18.0. The largest absolute Gasteiger partial charge is 0.497 e. The second-order valence-corrected chi connectivity index (χ2v) is 14.4. The van der Waals surface area contributed by atoms with Crippen molar-refractivity contribution in [2.75, 3.05) is 14.2 Å². The van der Waals surface area contributed by atoms with Crippen LogP contribution in [0.25, 0.3) is 10.6 Å². The number of carbonyl (C=O) groups excluding carboxylic acids is 3. The fourth-order valence-corrected chi connectivity index (χ4v) is 6.80. The van der Waals surface area contributed by atoms with E-state index < -0.39 is 42.3 Å². The summed E-state index contributed by atoms with van der Waals surface area (Å²) in [5, 5.41) is 23.2. The van der Waals surface area contributed by atoms with Crippen molar-refractivity contribution in [3.8, 4) is 16.3 Å². The molecule has 0 saturated carbocycles. The highest BCUT2D eigenvalue weighted by molar-refractivity contribution is 7.13. The number of rotatable bonds is 18. The van der Waals surface area contributed by atoms with Crippen molar-refractivity contribution >= 4 is 29.4 Å². The lowest BCUT2D eigenvalue weighted by molar-refractivity contribution is -0.124. The first-order chi connectivity index (χ1) is 26.6. The zero-order chi connectivity index (χ0) is 39.2. The number of aliphatic hydroxyl groups excluding tert-OH is 1. The van der Waals surface area contributed by atoms with Crippen molar-refractivity contribution in [3.63, 3.8) is 0 Å². The number of oxazole rings is 1. The van der Waals surface area contributed by atoms with Crippen molar-refractivity contribution in [2.24, 2.45) is 5.92 Å². The third kappa shape index (κ3) is 12.4. The Bertz CT molecular complexity index is 1940. The van der Waals surface area contributed by atoms with Gasteiger partial charge < -0.3 is 39.8 Å². The van der Waals surface area contributed by atoms with Gasteiger partial charge in [0.05, 0.1) is 37.7 Å². The molecule has 0 saturated heterocycles. The Morgan fingerprint density at radius 3 is 2.29 bits per heavy atom. The average molecular weight is 769 g/mol. The molecular formula is C41H48N6O7S. The second-order valence-electron chi connectivity index (χ2n) is 13.6. The first-order valence-corrected chi connectivity index (χ1v) is 18.9. The van der Waals surface area contributed by atoms with Crippen LogP contribution in [0.5, 0.6) is 5.75 Å². The van der Waals surface area contributed by atoms with Crippen LogP contribution in [0, 0.1) is 5.92 Å². The molecule has 5 aromatic rings.